The molecule has 0 aliphatic carbocycles. The lowest BCUT2D eigenvalue weighted by atomic mass is 9.90. The summed E-state index contributed by atoms with van der Waals surface area (Å²) in [7, 11) is 1.29. The zero-order valence-corrected chi connectivity index (χ0v) is 18.8. The number of ether oxygens (including phenoxy) is 2. The molecule has 0 spiro atoms. The Morgan fingerprint density at radius 3 is 2.85 bits per heavy atom. The lowest BCUT2D eigenvalue weighted by molar-refractivity contribution is -0.143. The summed E-state index contributed by atoms with van der Waals surface area (Å²) in [5, 5.41) is 17.1. The van der Waals surface area contributed by atoms with Gasteiger partial charge in [-0.2, -0.15) is 0 Å². The third-order valence-electron chi connectivity index (χ3n) is 5.87. The molecule has 1 atom stereocenters. The first-order valence-corrected chi connectivity index (χ1v) is 10.7. The molecule has 2 aliphatic rings. The van der Waals surface area contributed by atoms with Crippen LogP contribution in [0.1, 0.15) is 35.0 Å². The van der Waals surface area contributed by atoms with Crippen LogP contribution in [-0.2, 0) is 29.6 Å². The normalized spacial score (nSPS) is 18.4. The van der Waals surface area contributed by atoms with Gasteiger partial charge in [0.25, 0.3) is 6.43 Å². The molecule has 4 rings (SSSR count). The number of hydrogen-bond donors (Lipinski definition) is 1. The van der Waals surface area contributed by atoms with Crippen molar-refractivity contribution >= 4 is 23.6 Å². The molecule has 0 bridgehead atoms. The molecule has 1 N–H and O–H groups in total. The van der Waals surface area contributed by atoms with Crippen molar-refractivity contribution < 1.29 is 37.3 Å². The van der Waals surface area contributed by atoms with Crippen LogP contribution in [-0.4, -0.2) is 74.7 Å². The van der Waals surface area contributed by atoms with E-state index in [2.05, 4.69) is 10.3 Å². The lowest BCUT2D eigenvalue weighted by Crippen LogP contribution is -2.49. The molecule has 1 aromatic heterocycles. The quantitative estimate of drug-likeness (QED) is 0.645. The zero-order valence-electron chi connectivity index (χ0n) is 18.0. The van der Waals surface area contributed by atoms with E-state index >= 15 is 4.39 Å². The van der Waals surface area contributed by atoms with Gasteiger partial charge in [-0.1, -0.05) is 16.8 Å². The first-order valence-electron chi connectivity index (χ1n) is 10.3. The van der Waals surface area contributed by atoms with Crippen LogP contribution in [0.3, 0.4) is 0 Å². The number of nitrogens with zero attached hydrogens (tertiary/aromatic N) is 5. The van der Waals surface area contributed by atoms with Crippen molar-refractivity contribution in [3.05, 3.63) is 39.4 Å². The summed E-state index contributed by atoms with van der Waals surface area (Å²) >= 11 is 6.28. The lowest BCUT2D eigenvalue weighted by Gasteiger charge is -2.40. The van der Waals surface area contributed by atoms with Crippen LogP contribution in [0.15, 0.2) is 6.07 Å². The highest BCUT2D eigenvalue weighted by molar-refractivity contribution is 6.31. The zero-order chi connectivity index (χ0) is 24.6. The maximum absolute atomic E-state index is 15.1. The molecule has 184 valence electrons. The highest BCUT2D eigenvalue weighted by Gasteiger charge is 2.38. The molecule has 0 saturated carbocycles. The Hall–Kier alpha value is -3.06. The van der Waals surface area contributed by atoms with Crippen molar-refractivity contribution in [3.63, 3.8) is 0 Å². The summed E-state index contributed by atoms with van der Waals surface area (Å²) in [5.74, 6) is -1.56. The number of halogens is 4. The Balaban J connectivity index is 1.74. The van der Waals surface area contributed by atoms with Crippen molar-refractivity contribution in [2.75, 3.05) is 32.8 Å². The van der Waals surface area contributed by atoms with E-state index in [9.17, 15) is 23.5 Å². The second-order valence-electron chi connectivity index (χ2n) is 7.83. The summed E-state index contributed by atoms with van der Waals surface area (Å²) in [6.45, 7) is -0.192. The van der Waals surface area contributed by atoms with Gasteiger partial charge in [0, 0.05) is 37.3 Å². The minimum Gasteiger partial charge on any atom is -0.484 e. The molecule has 2 aliphatic heterocycles. The fraction of sp³-hybridized carbons (Fsp3) is 0.500. The van der Waals surface area contributed by atoms with E-state index in [-0.39, 0.29) is 67.2 Å². The van der Waals surface area contributed by atoms with Crippen LogP contribution in [0.2, 0.25) is 5.02 Å². The van der Waals surface area contributed by atoms with Gasteiger partial charge in [0.05, 0.1) is 12.6 Å². The molecule has 1 aromatic carbocycles. The smallest absolute Gasteiger partial charge is 0.407 e. The van der Waals surface area contributed by atoms with Crippen molar-refractivity contribution in [2.45, 2.75) is 25.5 Å². The first kappa shape index (κ1) is 24.1. The van der Waals surface area contributed by atoms with Crippen molar-refractivity contribution in [1.82, 2.24) is 24.8 Å². The third-order valence-corrected chi connectivity index (χ3v) is 6.20. The maximum atomic E-state index is 15.1. The van der Waals surface area contributed by atoms with E-state index in [1.807, 2.05) is 0 Å². The Morgan fingerprint density at radius 1 is 1.41 bits per heavy atom. The predicted octanol–water partition coefficient (Wildman–Crippen LogP) is 2.56. The number of fused-ring (bicyclic) bond motifs is 1. The minimum atomic E-state index is -2.88. The van der Waals surface area contributed by atoms with Gasteiger partial charge < -0.3 is 19.5 Å². The van der Waals surface area contributed by atoms with Gasteiger partial charge in [0.1, 0.15) is 24.6 Å². The number of hydrogen-bond acceptors (Lipinski definition) is 6. The van der Waals surface area contributed by atoms with Crippen LogP contribution < -0.4 is 4.74 Å². The summed E-state index contributed by atoms with van der Waals surface area (Å²) in [5.41, 5.74) is -0.0489. The fourth-order valence-corrected chi connectivity index (χ4v) is 4.54. The highest BCUT2D eigenvalue weighted by Crippen LogP contribution is 2.42. The summed E-state index contributed by atoms with van der Waals surface area (Å²) in [6.07, 6.45) is -3.97. The van der Waals surface area contributed by atoms with Gasteiger partial charge in [-0.05, 0) is 18.1 Å². The summed E-state index contributed by atoms with van der Waals surface area (Å²) < 4.78 is 53.5. The SMILES string of the molecule is Cn1nnc(COc2c(F)cc(Cl)c3c2[C@@H](CN2CCOCC2=O)N(C(=O)O)CC3)c1C(F)F. The maximum Gasteiger partial charge on any atom is 0.407 e. The van der Waals surface area contributed by atoms with Crippen LogP contribution in [0.25, 0.3) is 0 Å². The molecular weight excluding hydrogens is 483 g/mol. The monoisotopic (exact) mass is 503 g/mol. The van der Waals surface area contributed by atoms with E-state index in [1.165, 1.54) is 11.9 Å². The third kappa shape index (κ3) is 4.49. The Labute approximate surface area is 196 Å². The van der Waals surface area contributed by atoms with E-state index in [0.29, 0.717) is 5.56 Å². The molecular formula is C20H21ClF3N5O5. The molecule has 1 saturated heterocycles. The number of aryl methyl sites for hydroxylation is 1. The van der Waals surface area contributed by atoms with Crippen molar-refractivity contribution in [1.29, 1.82) is 0 Å². The highest BCUT2D eigenvalue weighted by atomic mass is 35.5. The molecule has 14 heteroatoms. The molecule has 0 unspecified atom stereocenters. The molecule has 2 amide bonds. The summed E-state index contributed by atoms with van der Waals surface area (Å²) in [4.78, 5) is 26.8. The molecule has 34 heavy (non-hydrogen) atoms. The van der Waals surface area contributed by atoms with Gasteiger partial charge in [0.2, 0.25) is 5.91 Å². The number of carbonyl (C=O) groups excluding carboxylic acids is 1. The standard InChI is InChI=1S/C20H21ClF3N5O5/c1-27-17(19(23)24)13(25-26-27)8-34-18-12(22)6-11(21)10-2-3-29(20(31)32)14(16(10)18)7-28-4-5-33-9-15(28)30/h6,14,19H,2-5,7-9H2,1H3,(H,31,32)/t14-/m1/s1. The number of carbonyl (C=O) groups is 2. The van der Waals surface area contributed by atoms with Gasteiger partial charge in [-0.3, -0.25) is 9.69 Å². The number of benzene rings is 1. The first-order chi connectivity index (χ1) is 16.2. The fourth-order valence-electron chi connectivity index (χ4n) is 4.24. The summed E-state index contributed by atoms with van der Waals surface area (Å²) in [6, 6.07) is 0.0382. The topological polar surface area (TPSA) is 110 Å². The van der Waals surface area contributed by atoms with E-state index in [1.54, 1.807) is 0 Å². The Bertz CT molecular complexity index is 1110. The number of morpholine rings is 1. The van der Waals surface area contributed by atoms with Gasteiger partial charge in [0.15, 0.2) is 11.6 Å². The van der Waals surface area contributed by atoms with E-state index < -0.39 is 36.7 Å². The van der Waals surface area contributed by atoms with Crippen LogP contribution in [0, 0.1) is 5.82 Å². The average Bonchev–Trinajstić information content (AvgIpc) is 3.15. The Kier molecular flexibility index (Phi) is 6.84. The number of alkyl halides is 2. The van der Waals surface area contributed by atoms with E-state index in [4.69, 9.17) is 21.1 Å². The predicted molar refractivity (Wildman–Crippen MR) is 110 cm³/mol. The van der Waals surface area contributed by atoms with Crippen LogP contribution in [0.4, 0.5) is 18.0 Å². The largest absolute Gasteiger partial charge is 0.484 e. The second-order valence-corrected chi connectivity index (χ2v) is 8.24. The number of aromatic nitrogens is 3. The molecule has 0 radical (unpaired) electrons. The molecule has 10 nitrogen and oxygen atoms in total. The number of amides is 2. The van der Waals surface area contributed by atoms with Crippen LogP contribution >= 0.6 is 11.6 Å². The Morgan fingerprint density at radius 2 is 2.18 bits per heavy atom. The minimum absolute atomic E-state index is 0.0655. The van der Waals surface area contributed by atoms with Gasteiger partial charge >= 0.3 is 6.09 Å². The molecule has 1 fully saturated rings. The molecule has 3 heterocycles. The van der Waals surface area contributed by atoms with Crippen molar-refractivity contribution in [3.8, 4) is 5.75 Å². The number of rotatable bonds is 6. The number of carboxylic acid groups (broad SMARTS) is 1. The van der Waals surface area contributed by atoms with E-state index in [0.717, 1.165) is 15.6 Å². The molecule has 2 aromatic rings. The van der Waals surface area contributed by atoms with Crippen molar-refractivity contribution in [2.24, 2.45) is 7.05 Å². The van der Waals surface area contributed by atoms with Gasteiger partial charge in [-0.25, -0.2) is 22.6 Å². The second kappa shape index (κ2) is 9.66. The van der Waals surface area contributed by atoms with Crippen LogP contribution in [0.5, 0.6) is 5.75 Å². The average molecular weight is 504 g/mol. The van der Waals surface area contributed by atoms with Gasteiger partial charge in [-0.15, -0.1) is 5.10 Å².